The number of hydrogen-bond donors (Lipinski definition) is 2. The molecule has 102 valence electrons. The molecule has 0 aliphatic heterocycles. The van der Waals surface area contributed by atoms with E-state index in [0.717, 1.165) is 6.07 Å². The van der Waals surface area contributed by atoms with Gasteiger partial charge >= 0.3 is 0 Å². The van der Waals surface area contributed by atoms with Crippen molar-refractivity contribution in [3.8, 4) is 0 Å². The van der Waals surface area contributed by atoms with Crippen molar-refractivity contribution in [3.05, 3.63) is 29.6 Å². The van der Waals surface area contributed by atoms with Gasteiger partial charge in [-0.1, -0.05) is 13.0 Å². The summed E-state index contributed by atoms with van der Waals surface area (Å²) in [6.45, 7) is 3.98. The van der Waals surface area contributed by atoms with Crippen molar-refractivity contribution < 1.29 is 12.8 Å². The Morgan fingerprint density at radius 3 is 2.67 bits per heavy atom. The zero-order chi connectivity index (χ0) is 13.8. The maximum atomic E-state index is 13.6. The van der Waals surface area contributed by atoms with Crippen molar-refractivity contribution in [3.63, 3.8) is 0 Å². The molecule has 3 N–H and O–H groups in total. The summed E-state index contributed by atoms with van der Waals surface area (Å²) in [7, 11) is -3.81. The zero-order valence-corrected chi connectivity index (χ0v) is 11.4. The van der Waals surface area contributed by atoms with Crippen LogP contribution in [-0.2, 0) is 16.4 Å². The van der Waals surface area contributed by atoms with Crippen LogP contribution in [0.15, 0.2) is 23.1 Å². The third-order valence-corrected chi connectivity index (χ3v) is 4.29. The normalized spacial score (nSPS) is 13.6. The summed E-state index contributed by atoms with van der Waals surface area (Å²) in [5.41, 5.74) is 6.11. The predicted molar refractivity (Wildman–Crippen MR) is 69.2 cm³/mol. The second-order valence-corrected chi connectivity index (χ2v) is 5.92. The van der Waals surface area contributed by atoms with Gasteiger partial charge in [0.05, 0.1) is 0 Å². The van der Waals surface area contributed by atoms with Crippen LogP contribution in [0.25, 0.3) is 0 Å². The zero-order valence-electron chi connectivity index (χ0n) is 10.6. The van der Waals surface area contributed by atoms with Crippen molar-refractivity contribution in [2.75, 3.05) is 6.54 Å². The second-order valence-electron chi connectivity index (χ2n) is 4.23. The number of rotatable bonds is 6. The molecule has 1 rings (SSSR count). The highest BCUT2D eigenvalue weighted by atomic mass is 32.2. The number of halogens is 1. The van der Waals surface area contributed by atoms with Crippen LogP contribution >= 0.6 is 0 Å². The first-order valence-electron chi connectivity index (χ1n) is 5.91. The van der Waals surface area contributed by atoms with Crippen molar-refractivity contribution in [1.29, 1.82) is 0 Å². The summed E-state index contributed by atoms with van der Waals surface area (Å²) < 4.78 is 40.0. The molecule has 6 heteroatoms. The number of benzene rings is 1. The first-order chi connectivity index (χ1) is 8.40. The molecule has 1 atom stereocenters. The average molecular weight is 274 g/mol. The van der Waals surface area contributed by atoms with E-state index in [2.05, 4.69) is 4.72 Å². The molecule has 1 aromatic carbocycles. The van der Waals surface area contributed by atoms with Crippen LogP contribution in [-0.4, -0.2) is 21.0 Å². The van der Waals surface area contributed by atoms with Gasteiger partial charge in [-0.3, -0.25) is 0 Å². The fraction of sp³-hybridized carbons (Fsp3) is 0.500. The van der Waals surface area contributed by atoms with Crippen LogP contribution in [0.4, 0.5) is 4.39 Å². The lowest BCUT2D eigenvalue weighted by molar-refractivity contribution is 0.539. The summed E-state index contributed by atoms with van der Waals surface area (Å²) in [6, 6.07) is 3.82. The summed E-state index contributed by atoms with van der Waals surface area (Å²) in [6.07, 6.45) is 1.16. The number of sulfonamides is 1. The topological polar surface area (TPSA) is 72.2 Å². The molecule has 0 bridgehead atoms. The second kappa shape index (κ2) is 6.26. The van der Waals surface area contributed by atoms with Gasteiger partial charge in [0.15, 0.2) is 0 Å². The van der Waals surface area contributed by atoms with Crippen LogP contribution in [0.2, 0.25) is 0 Å². The smallest absolute Gasteiger partial charge is 0.243 e. The Morgan fingerprint density at radius 2 is 2.11 bits per heavy atom. The third kappa shape index (κ3) is 3.76. The molecule has 0 heterocycles. The summed E-state index contributed by atoms with van der Waals surface area (Å²) in [5, 5.41) is 0. The van der Waals surface area contributed by atoms with E-state index in [0.29, 0.717) is 24.9 Å². The molecule has 0 aromatic heterocycles. The number of nitrogens with one attached hydrogen (secondary N) is 1. The summed E-state index contributed by atoms with van der Waals surface area (Å²) in [4.78, 5) is -0.311. The Kier molecular flexibility index (Phi) is 5.25. The van der Waals surface area contributed by atoms with Gasteiger partial charge in [0.2, 0.25) is 10.0 Å². The average Bonchev–Trinajstić information content (AvgIpc) is 2.31. The molecule has 0 saturated carbocycles. The molecule has 0 fully saturated rings. The van der Waals surface area contributed by atoms with Crippen molar-refractivity contribution in [2.45, 2.75) is 37.6 Å². The molecular weight excluding hydrogens is 255 g/mol. The Hall–Kier alpha value is -0.980. The van der Waals surface area contributed by atoms with Crippen molar-refractivity contribution >= 4 is 10.0 Å². The Balaban J connectivity index is 3.10. The Bertz CT molecular complexity index is 503. The van der Waals surface area contributed by atoms with Gasteiger partial charge in [-0.2, -0.15) is 0 Å². The largest absolute Gasteiger partial charge is 0.330 e. The highest BCUT2D eigenvalue weighted by Crippen LogP contribution is 2.17. The van der Waals surface area contributed by atoms with Crippen molar-refractivity contribution in [2.24, 2.45) is 5.73 Å². The van der Waals surface area contributed by atoms with E-state index in [-0.39, 0.29) is 10.9 Å². The molecule has 0 radical (unpaired) electrons. The van der Waals surface area contributed by atoms with Gasteiger partial charge in [0, 0.05) is 6.04 Å². The quantitative estimate of drug-likeness (QED) is 0.823. The minimum absolute atomic E-state index is 0.229. The molecule has 0 amide bonds. The third-order valence-electron chi connectivity index (χ3n) is 2.69. The lowest BCUT2D eigenvalue weighted by atomic mass is 10.1. The Labute approximate surface area is 107 Å². The van der Waals surface area contributed by atoms with E-state index in [1.165, 1.54) is 6.07 Å². The number of hydrogen-bond acceptors (Lipinski definition) is 3. The van der Waals surface area contributed by atoms with Gasteiger partial charge in [0.25, 0.3) is 0 Å². The fourth-order valence-corrected chi connectivity index (χ4v) is 2.94. The maximum absolute atomic E-state index is 13.6. The van der Waals surface area contributed by atoms with E-state index in [1.807, 2.05) is 6.92 Å². The molecule has 1 aromatic rings. The van der Waals surface area contributed by atoms with Gasteiger partial charge < -0.3 is 5.73 Å². The van der Waals surface area contributed by atoms with Crippen LogP contribution in [0.5, 0.6) is 0 Å². The molecule has 0 aliphatic carbocycles. The molecule has 18 heavy (non-hydrogen) atoms. The highest BCUT2D eigenvalue weighted by Gasteiger charge is 2.21. The molecule has 0 aliphatic rings. The van der Waals surface area contributed by atoms with E-state index < -0.39 is 15.8 Å². The molecule has 1 unspecified atom stereocenters. The molecule has 0 spiro atoms. The summed E-state index contributed by atoms with van der Waals surface area (Å²) in [5.74, 6) is -0.744. The highest BCUT2D eigenvalue weighted by molar-refractivity contribution is 7.89. The predicted octanol–water partition coefficient (Wildman–Crippen LogP) is 1.40. The molecule has 0 saturated heterocycles. The van der Waals surface area contributed by atoms with E-state index in [9.17, 15) is 12.8 Å². The maximum Gasteiger partial charge on any atom is 0.243 e. The van der Waals surface area contributed by atoms with Gasteiger partial charge in [-0.05, 0) is 44.0 Å². The summed E-state index contributed by atoms with van der Waals surface area (Å²) >= 11 is 0. The van der Waals surface area contributed by atoms with E-state index in [1.54, 1.807) is 13.0 Å². The SMILES string of the molecule is CCC(C)NS(=O)(=O)c1cc(CCN)ccc1F. The molecular formula is C12H19FN2O2S. The van der Waals surface area contributed by atoms with Crippen LogP contribution in [0, 0.1) is 5.82 Å². The van der Waals surface area contributed by atoms with E-state index in [4.69, 9.17) is 5.73 Å². The monoisotopic (exact) mass is 274 g/mol. The van der Waals surface area contributed by atoms with Crippen LogP contribution < -0.4 is 10.5 Å². The van der Waals surface area contributed by atoms with Gasteiger partial charge in [-0.15, -0.1) is 0 Å². The Morgan fingerprint density at radius 1 is 1.44 bits per heavy atom. The van der Waals surface area contributed by atoms with Crippen LogP contribution in [0.3, 0.4) is 0 Å². The first kappa shape index (κ1) is 15.1. The first-order valence-corrected chi connectivity index (χ1v) is 7.39. The molecule has 4 nitrogen and oxygen atoms in total. The fourth-order valence-electron chi connectivity index (χ4n) is 1.49. The number of nitrogens with two attached hydrogens (primary N) is 1. The van der Waals surface area contributed by atoms with E-state index >= 15 is 0 Å². The lowest BCUT2D eigenvalue weighted by Crippen LogP contribution is -2.32. The standard InChI is InChI=1S/C12H19FN2O2S/c1-3-9(2)15-18(16,17)12-8-10(6-7-14)4-5-11(12)13/h4-5,8-9,15H,3,6-7,14H2,1-2H3. The minimum atomic E-state index is -3.81. The van der Waals surface area contributed by atoms with Gasteiger partial charge in [-0.25, -0.2) is 17.5 Å². The van der Waals surface area contributed by atoms with Gasteiger partial charge in [0.1, 0.15) is 10.7 Å². The lowest BCUT2D eigenvalue weighted by Gasteiger charge is -2.13. The van der Waals surface area contributed by atoms with Crippen molar-refractivity contribution in [1.82, 2.24) is 4.72 Å². The van der Waals surface area contributed by atoms with Crippen LogP contribution in [0.1, 0.15) is 25.8 Å². The minimum Gasteiger partial charge on any atom is -0.330 e.